The van der Waals surface area contributed by atoms with Crippen LogP contribution in [0.1, 0.15) is 18.4 Å². The number of halogens is 3. The van der Waals surface area contributed by atoms with Gasteiger partial charge in [0.05, 0.1) is 18.0 Å². The Bertz CT molecular complexity index is 1460. The molecule has 1 aromatic carbocycles. The molecule has 0 amide bonds. The zero-order chi connectivity index (χ0) is 24.8. The van der Waals surface area contributed by atoms with Crippen LogP contribution in [0.2, 0.25) is 0 Å². The molecule has 13 heteroatoms. The number of aromatic amines is 1. The van der Waals surface area contributed by atoms with Gasteiger partial charge in [-0.2, -0.15) is 23.3 Å². The Balaban J connectivity index is 1.54. The molecule has 3 aromatic heterocycles. The summed E-state index contributed by atoms with van der Waals surface area (Å²) in [5.74, 6) is 0.320. The van der Waals surface area contributed by atoms with Crippen LogP contribution in [0.15, 0.2) is 48.9 Å². The molecule has 1 fully saturated rings. The number of hydrogen-bond donors (Lipinski definition) is 2. The molecule has 0 atom stereocenters. The summed E-state index contributed by atoms with van der Waals surface area (Å²) in [5.41, 5.74) is 1.83. The summed E-state index contributed by atoms with van der Waals surface area (Å²) in [6.45, 7) is 0.786. The van der Waals surface area contributed by atoms with E-state index in [4.69, 9.17) is 0 Å². The zero-order valence-corrected chi connectivity index (χ0v) is 19.4. The number of H-pyrrole nitrogens is 1. The predicted octanol–water partition coefficient (Wildman–Crippen LogP) is 3.64. The molecule has 1 saturated heterocycles. The Kier molecular flexibility index (Phi) is 5.75. The number of sulfonamides is 1. The van der Waals surface area contributed by atoms with Crippen LogP contribution in [-0.2, 0) is 16.2 Å². The second-order valence-corrected chi connectivity index (χ2v) is 10.4. The Morgan fingerprint density at radius 1 is 1.14 bits per heavy atom. The van der Waals surface area contributed by atoms with Crippen LogP contribution in [0.5, 0.6) is 0 Å². The van der Waals surface area contributed by atoms with Crippen molar-refractivity contribution in [2.45, 2.75) is 25.1 Å². The Hall–Kier alpha value is -3.45. The van der Waals surface area contributed by atoms with Gasteiger partial charge in [0.2, 0.25) is 16.0 Å². The zero-order valence-electron chi connectivity index (χ0n) is 18.6. The minimum Gasteiger partial charge on any atom is -0.350 e. The van der Waals surface area contributed by atoms with Crippen LogP contribution in [0.25, 0.3) is 27.9 Å². The van der Waals surface area contributed by atoms with Gasteiger partial charge in [0.15, 0.2) is 5.65 Å². The number of rotatable bonds is 5. The molecular formula is C22H22F3N7O2S. The fraction of sp³-hybridized carbons (Fsp3) is 0.318. The number of hydrogen-bond acceptors (Lipinski definition) is 6. The molecule has 1 aliphatic rings. The summed E-state index contributed by atoms with van der Waals surface area (Å²) in [5, 5.41) is 14.4. The summed E-state index contributed by atoms with van der Waals surface area (Å²) in [6, 6.07) is 6.83. The molecule has 1 aliphatic heterocycles. The Morgan fingerprint density at radius 2 is 1.91 bits per heavy atom. The van der Waals surface area contributed by atoms with Gasteiger partial charge in [-0.05, 0) is 42.2 Å². The van der Waals surface area contributed by atoms with Gasteiger partial charge < -0.3 is 5.32 Å². The topological polar surface area (TPSA) is 108 Å². The van der Waals surface area contributed by atoms with Crippen molar-refractivity contribution < 1.29 is 21.6 Å². The van der Waals surface area contributed by atoms with Crippen LogP contribution in [-0.4, -0.2) is 62.9 Å². The van der Waals surface area contributed by atoms with Gasteiger partial charge >= 0.3 is 6.18 Å². The van der Waals surface area contributed by atoms with Crippen molar-refractivity contribution in [3.63, 3.8) is 0 Å². The molecule has 184 valence electrons. The lowest BCUT2D eigenvalue weighted by Gasteiger charge is -2.30. The van der Waals surface area contributed by atoms with Crippen LogP contribution in [0.3, 0.4) is 0 Å². The van der Waals surface area contributed by atoms with Crippen molar-refractivity contribution in [3.05, 3.63) is 54.5 Å². The van der Waals surface area contributed by atoms with Gasteiger partial charge in [-0.1, -0.05) is 12.1 Å². The first-order valence-electron chi connectivity index (χ1n) is 10.9. The van der Waals surface area contributed by atoms with E-state index in [-0.39, 0.29) is 6.04 Å². The number of nitrogens with one attached hydrogen (secondary N) is 2. The lowest BCUT2D eigenvalue weighted by atomic mass is 9.96. The highest BCUT2D eigenvalue weighted by Gasteiger charge is 2.31. The van der Waals surface area contributed by atoms with Crippen LogP contribution >= 0.6 is 0 Å². The summed E-state index contributed by atoms with van der Waals surface area (Å²) < 4.78 is 66.8. The van der Waals surface area contributed by atoms with Crippen molar-refractivity contribution in [2.75, 3.05) is 24.7 Å². The minimum absolute atomic E-state index is 0.0317. The van der Waals surface area contributed by atoms with Gasteiger partial charge in [0, 0.05) is 42.7 Å². The SMILES string of the molecule is CS(=O)(=O)N1CCC(Nc2nc3c(-c4cccc(C(F)(F)F)c4)c(-c4cn[nH]c4)ccn3n2)CC1. The summed E-state index contributed by atoms with van der Waals surface area (Å²) in [7, 11) is -3.24. The second kappa shape index (κ2) is 8.64. The second-order valence-electron chi connectivity index (χ2n) is 8.45. The molecule has 4 aromatic rings. The third-order valence-corrected chi connectivity index (χ3v) is 7.35. The van der Waals surface area contributed by atoms with E-state index in [0.717, 1.165) is 12.1 Å². The smallest absolute Gasteiger partial charge is 0.350 e. The largest absolute Gasteiger partial charge is 0.416 e. The van der Waals surface area contributed by atoms with Gasteiger partial charge in [0.25, 0.3) is 0 Å². The quantitative estimate of drug-likeness (QED) is 0.429. The lowest BCUT2D eigenvalue weighted by molar-refractivity contribution is -0.137. The lowest BCUT2D eigenvalue weighted by Crippen LogP contribution is -2.41. The highest BCUT2D eigenvalue weighted by atomic mass is 32.2. The molecule has 0 bridgehead atoms. The van der Waals surface area contributed by atoms with Crippen molar-refractivity contribution >= 4 is 21.6 Å². The minimum atomic E-state index is -4.49. The van der Waals surface area contributed by atoms with Gasteiger partial charge in [-0.15, -0.1) is 5.10 Å². The number of pyridine rings is 1. The fourth-order valence-electron chi connectivity index (χ4n) is 4.30. The average Bonchev–Trinajstić information content (AvgIpc) is 3.47. The number of benzene rings is 1. The average molecular weight is 506 g/mol. The van der Waals surface area contributed by atoms with E-state index < -0.39 is 21.8 Å². The van der Waals surface area contributed by atoms with E-state index in [1.165, 1.54) is 21.1 Å². The maximum absolute atomic E-state index is 13.4. The number of piperidine rings is 1. The molecule has 0 unspecified atom stereocenters. The molecule has 0 saturated carbocycles. The molecule has 9 nitrogen and oxygen atoms in total. The van der Waals surface area contributed by atoms with E-state index in [0.29, 0.717) is 59.8 Å². The van der Waals surface area contributed by atoms with Crippen LogP contribution in [0, 0.1) is 0 Å². The van der Waals surface area contributed by atoms with E-state index in [9.17, 15) is 21.6 Å². The molecule has 4 heterocycles. The molecule has 35 heavy (non-hydrogen) atoms. The number of aromatic nitrogens is 5. The predicted molar refractivity (Wildman–Crippen MR) is 124 cm³/mol. The molecule has 5 rings (SSSR count). The van der Waals surface area contributed by atoms with E-state index in [2.05, 4.69) is 25.6 Å². The van der Waals surface area contributed by atoms with Crippen molar-refractivity contribution in [1.29, 1.82) is 0 Å². The van der Waals surface area contributed by atoms with Gasteiger partial charge in [-0.25, -0.2) is 17.2 Å². The van der Waals surface area contributed by atoms with E-state index in [1.807, 2.05) is 0 Å². The highest BCUT2D eigenvalue weighted by Crippen LogP contribution is 2.38. The Morgan fingerprint density at radius 3 is 2.57 bits per heavy atom. The molecule has 0 aliphatic carbocycles. The summed E-state index contributed by atoms with van der Waals surface area (Å²) >= 11 is 0. The first kappa shape index (κ1) is 23.3. The van der Waals surface area contributed by atoms with Gasteiger partial charge in [0.1, 0.15) is 0 Å². The van der Waals surface area contributed by atoms with Crippen molar-refractivity contribution in [1.82, 2.24) is 29.1 Å². The first-order chi connectivity index (χ1) is 16.6. The highest BCUT2D eigenvalue weighted by molar-refractivity contribution is 7.88. The van der Waals surface area contributed by atoms with Crippen molar-refractivity contribution in [2.24, 2.45) is 0 Å². The third-order valence-electron chi connectivity index (χ3n) is 6.05. The summed E-state index contributed by atoms with van der Waals surface area (Å²) in [6.07, 6.45) is 2.82. The molecule has 0 spiro atoms. The molecule has 0 radical (unpaired) electrons. The first-order valence-corrected chi connectivity index (χ1v) is 12.7. The van der Waals surface area contributed by atoms with Crippen LogP contribution < -0.4 is 5.32 Å². The van der Waals surface area contributed by atoms with Crippen LogP contribution in [0.4, 0.5) is 19.1 Å². The van der Waals surface area contributed by atoms with Crippen molar-refractivity contribution in [3.8, 4) is 22.3 Å². The third kappa shape index (κ3) is 4.73. The number of fused-ring (bicyclic) bond motifs is 1. The van der Waals surface area contributed by atoms with Gasteiger partial charge in [-0.3, -0.25) is 5.10 Å². The number of anilines is 1. The molecular weight excluding hydrogens is 483 g/mol. The maximum atomic E-state index is 13.4. The monoisotopic (exact) mass is 505 g/mol. The molecule has 2 N–H and O–H groups in total. The number of nitrogens with zero attached hydrogens (tertiary/aromatic N) is 5. The maximum Gasteiger partial charge on any atom is 0.416 e. The van der Waals surface area contributed by atoms with E-state index >= 15 is 0 Å². The number of alkyl halides is 3. The fourth-order valence-corrected chi connectivity index (χ4v) is 5.17. The normalized spacial score (nSPS) is 16.1. The standard InChI is InChI=1S/C22H22F3N7O2S/c1-35(33,34)31-8-5-17(6-9-31)28-21-29-20-19(14-3-2-4-16(11-14)22(23,24)25)18(7-10-32(20)30-21)15-12-26-27-13-15/h2-4,7,10-13,17H,5-6,8-9H2,1H3,(H,26,27)(H,28,30). The Labute approximate surface area is 199 Å². The summed E-state index contributed by atoms with van der Waals surface area (Å²) in [4.78, 5) is 4.61. The van der Waals surface area contributed by atoms with E-state index in [1.54, 1.807) is 30.7 Å².